The third kappa shape index (κ3) is 5.21. The van der Waals surface area contributed by atoms with E-state index in [0.717, 1.165) is 23.3 Å². The lowest BCUT2D eigenvalue weighted by molar-refractivity contribution is -0.0452. The molecule has 0 atom stereocenters. The maximum absolute atomic E-state index is 6.79. The smallest absolute Gasteiger partial charge is 0.131 e. The average molecular weight is 766 g/mol. The van der Waals surface area contributed by atoms with Crippen LogP contribution < -0.4 is 9.64 Å². The van der Waals surface area contributed by atoms with Crippen molar-refractivity contribution in [2.45, 2.75) is 140 Å². The Morgan fingerprint density at radius 2 is 0.931 bits per heavy atom. The third-order valence-corrected chi connectivity index (χ3v) is 17.0. The van der Waals surface area contributed by atoms with Gasteiger partial charge in [-0.05, 0) is 179 Å². The fourth-order valence-electron chi connectivity index (χ4n) is 14.1. The van der Waals surface area contributed by atoms with E-state index in [1.165, 1.54) is 119 Å². The second kappa shape index (κ2) is 12.4. The van der Waals surface area contributed by atoms with Gasteiger partial charge < -0.3 is 9.64 Å². The minimum Gasteiger partial charge on any atom is -0.457 e. The fraction of sp³-hybridized carbons (Fsp3) is 0.464. The van der Waals surface area contributed by atoms with Crippen molar-refractivity contribution in [3.63, 3.8) is 0 Å². The van der Waals surface area contributed by atoms with Crippen LogP contribution in [0.2, 0.25) is 0 Å². The molecule has 58 heavy (non-hydrogen) atoms. The summed E-state index contributed by atoms with van der Waals surface area (Å²) in [5.74, 6) is 5.36. The van der Waals surface area contributed by atoms with Crippen LogP contribution in [0.5, 0.6) is 11.5 Å². The molecule has 5 aromatic carbocycles. The molecule has 2 nitrogen and oxygen atoms in total. The minimum absolute atomic E-state index is 0.0459. The minimum atomic E-state index is 0.0459. The molecule has 5 aromatic rings. The molecule has 0 amide bonds. The third-order valence-electron chi connectivity index (χ3n) is 17.0. The standard InChI is InChI=1S/C56H63NO/c1-52(2)25-27-54(5,6)50-43(52)14-11-16-46(50)57(47-17-12-15-44-51(47)55(7,8)28-26-53(44,3)4)41-22-19-37(20-23-41)38-21-24-49-45(34-38)56(42-13-9-10-18-48(42)58-49)39-30-35-29-36(32-39)33-40(56)31-35/h9-24,34-36,39-40H,25-33H2,1-8H3. The van der Waals surface area contributed by atoms with Crippen LogP contribution in [0.3, 0.4) is 0 Å². The first-order valence-corrected chi connectivity index (χ1v) is 22.8. The van der Waals surface area contributed by atoms with Crippen molar-refractivity contribution >= 4 is 17.1 Å². The number of para-hydroxylation sites is 1. The monoisotopic (exact) mass is 765 g/mol. The number of ether oxygens (including phenoxy) is 1. The number of benzene rings is 5. The summed E-state index contributed by atoms with van der Waals surface area (Å²) in [6.45, 7) is 19.7. The Labute approximate surface area is 348 Å². The zero-order valence-corrected chi connectivity index (χ0v) is 36.3. The first kappa shape index (κ1) is 36.8. The summed E-state index contributed by atoms with van der Waals surface area (Å²) in [5.41, 5.74) is 15.8. The van der Waals surface area contributed by atoms with Crippen LogP contribution in [0.4, 0.5) is 17.1 Å². The molecule has 1 heterocycles. The number of hydrogen-bond acceptors (Lipinski definition) is 2. The lowest BCUT2D eigenvalue weighted by Gasteiger charge is -2.63. The van der Waals surface area contributed by atoms with Gasteiger partial charge in [0.15, 0.2) is 0 Å². The molecule has 298 valence electrons. The summed E-state index contributed by atoms with van der Waals surface area (Å²) in [4.78, 5) is 2.66. The second-order valence-corrected chi connectivity index (χ2v) is 22.3. The first-order valence-electron chi connectivity index (χ1n) is 22.8. The Morgan fingerprint density at radius 3 is 1.50 bits per heavy atom. The molecule has 4 bridgehead atoms. The van der Waals surface area contributed by atoms with E-state index in [0.29, 0.717) is 11.8 Å². The molecule has 1 spiro atoms. The van der Waals surface area contributed by atoms with Crippen molar-refractivity contribution in [2.24, 2.45) is 23.7 Å². The van der Waals surface area contributed by atoms with Crippen LogP contribution in [-0.2, 0) is 27.1 Å². The molecule has 0 radical (unpaired) electrons. The second-order valence-electron chi connectivity index (χ2n) is 22.3. The van der Waals surface area contributed by atoms with Gasteiger partial charge in [-0.1, -0.05) is 116 Å². The predicted molar refractivity (Wildman–Crippen MR) is 241 cm³/mol. The van der Waals surface area contributed by atoms with Gasteiger partial charge in [-0.25, -0.2) is 0 Å². The molecule has 4 fully saturated rings. The number of hydrogen-bond donors (Lipinski definition) is 0. The molecule has 0 unspecified atom stereocenters. The van der Waals surface area contributed by atoms with Crippen LogP contribution in [0.1, 0.15) is 147 Å². The van der Waals surface area contributed by atoms with E-state index in [9.17, 15) is 0 Å². The van der Waals surface area contributed by atoms with Gasteiger partial charge in [0, 0.05) is 22.2 Å². The van der Waals surface area contributed by atoms with Gasteiger partial charge in [0.2, 0.25) is 0 Å². The largest absolute Gasteiger partial charge is 0.457 e. The van der Waals surface area contributed by atoms with Gasteiger partial charge in [0.05, 0.1) is 11.4 Å². The Hall–Kier alpha value is -4.30. The molecule has 1 aliphatic heterocycles. The highest BCUT2D eigenvalue weighted by Gasteiger charge is 2.61. The molecule has 0 N–H and O–H groups in total. The van der Waals surface area contributed by atoms with Gasteiger partial charge in [-0.3, -0.25) is 0 Å². The summed E-state index contributed by atoms with van der Waals surface area (Å²) < 4.78 is 6.79. The van der Waals surface area contributed by atoms with E-state index in [1.54, 1.807) is 0 Å². The van der Waals surface area contributed by atoms with Gasteiger partial charge in [-0.15, -0.1) is 0 Å². The number of fused-ring (bicyclic) bond motifs is 4. The van der Waals surface area contributed by atoms with Crippen molar-refractivity contribution in [1.29, 1.82) is 0 Å². The van der Waals surface area contributed by atoms with Crippen LogP contribution in [0, 0.1) is 23.7 Å². The van der Waals surface area contributed by atoms with Gasteiger partial charge in [0.1, 0.15) is 11.5 Å². The highest BCUT2D eigenvalue weighted by atomic mass is 16.5. The van der Waals surface area contributed by atoms with E-state index >= 15 is 0 Å². The lowest BCUT2D eigenvalue weighted by atomic mass is 9.41. The van der Waals surface area contributed by atoms with Gasteiger partial charge in [0.25, 0.3) is 0 Å². The highest BCUT2D eigenvalue weighted by molar-refractivity contribution is 5.85. The molecule has 0 aromatic heterocycles. The Bertz CT molecular complexity index is 2350. The van der Waals surface area contributed by atoms with Crippen molar-refractivity contribution in [1.82, 2.24) is 0 Å². The summed E-state index contributed by atoms with van der Waals surface area (Å²) >= 11 is 0. The molecule has 4 saturated carbocycles. The SMILES string of the molecule is CC1(C)CCC(C)(C)c2c(N(c3ccc(-c4ccc5c(c4)C4(c6ccccc6O5)C5CC6CC(C5)CC4C6)cc3)c3cccc4c3C(C)(C)CCC4(C)C)cccc21. The van der Waals surface area contributed by atoms with E-state index in [2.05, 4.69) is 163 Å². The maximum Gasteiger partial charge on any atom is 0.131 e. The molecular formula is C56H63NO. The summed E-state index contributed by atoms with van der Waals surface area (Å²) in [5, 5.41) is 0. The van der Waals surface area contributed by atoms with Crippen LogP contribution in [0.15, 0.2) is 103 Å². The van der Waals surface area contributed by atoms with E-state index < -0.39 is 0 Å². The number of anilines is 3. The summed E-state index contributed by atoms with van der Waals surface area (Å²) in [6, 6.07) is 40.2. The molecule has 6 aliphatic carbocycles. The topological polar surface area (TPSA) is 12.5 Å². The summed E-state index contributed by atoms with van der Waals surface area (Å²) in [6.07, 6.45) is 11.7. The zero-order valence-electron chi connectivity index (χ0n) is 36.3. The predicted octanol–water partition coefficient (Wildman–Crippen LogP) is 15.4. The Morgan fingerprint density at radius 1 is 0.448 bits per heavy atom. The van der Waals surface area contributed by atoms with Crippen LogP contribution >= 0.6 is 0 Å². The van der Waals surface area contributed by atoms with Crippen LogP contribution in [-0.4, -0.2) is 0 Å². The van der Waals surface area contributed by atoms with Gasteiger partial charge >= 0.3 is 0 Å². The van der Waals surface area contributed by atoms with Gasteiger partial charge in [-0.2, -0.15) is 0 Å². The molecular weight excluding hydrogens is 703 g/mol. The quantitative estimate of drug-likeness (QED) is 0.181. The van der Waals surface area contributed by atoms with E-state index in [-0.39, 0.29) is 27.1 Å². The molecule has 0 saturated heterocycles. The van der Waals surface area contributed by atoms with Crippen molar-refractivity contribution in [2.75, 3.05) is 4.90 Å². The molecule has 2 heteroatoms. The fourth-order valence-corrected chi connectivity index (χ4v) is 14.1. The van der Waals surface area contributed by atoms with Crippen LogP contribution in [0.25, 0.3) is 11.1 Å². The highest BCUT2D eigenvalue weighted by Crippen LogP contribution is 2.69. The van der Waals surface area contributed by atoms with E-state index in [1.807, 2.05) is 0 Å². The van der Waals surface area contributed by atoms with Crippen molar-refractivity contribution < 1.29 is 4.74 Å². The maximum atomic E-state index is 6.79. The Balaban J connectivity index is 1.07. The average Bonchev–Trinajstić information content (AvgIpc) is 3.20. The molecule has 12 rings (SSSR count). The first-order chi connectivity index (χ1) is 27.7. The summed E-state index contributed by atoms with van der Waals surface area (Å²) in [7, 11) is 0. The van der Waals surface area contributed by atoms with Crippen molar-refractivity contribution in [3.05, 3.63) is 137 Å². The number of nitrogens with zero attached hydrogens (tertiary/aromatic N) is 1. The van der Waals surface area contributed by atoms with E-state index in [4.69, 9.17) is 4.74 Å². The number of rotatable bonds is 4. The normalized spacial score (nSPS) is 28.5. The Kier molecular flexibility index (Phi) is 7.84. The lowest BCUT2D eigenvalue weighted by Crippen LogP contribution is -2.56. The van der Waals surface area contributed by atoms with Crippen molar-refractivity contribution in [3.8, 4) is 22.6 Å². The molecule has 7 aliphatic rings. The zero-order chi connectivity index (χ0) is 40.0.